The highest BCUT2D eigenvalue weighted by Gasteiger charge is 2.36. The van der Waals surface area contributed by atoms with E-state index in [-0.39, 0.29) is 17.1 Å². The Morgan fingerprint density at radius 2 is 1.72 bits per heavy atom. The molecular formula is C18H9ClF3N3. The highest BCUT2D eigenvalue weighted by atomic mass is 35.5. The summed E-state index contributed by atoms with van der Waals surface area (Å²) in [5.74, 6) is 0. The lowest BCUT2D eigenvalue weighted by Gasteiger charge is -2.14. The zero-order valence-corrected chi connectivity index (χ0v) is 13.3. The fourth-order valence-electron chi connectivity index (χ4n) is 2.34. The summed E-state index contributed by atoms with van der Waals surface area (Å²) in [5, 5.41) is 9.74. The Bertz CT molecular complexity index is 946. The summed E-state index contributed by atoms with van der Waals surface area (Å²) < 4.78 is 40.4. The predicted octanol–water partition coefficient (Wildman–Crippen LogP) is 5.35. The SMILES string of the molecule is N#Cc1c(C(F)(F)F)cc(-c2ccccn2)nc1-c1ccc(Cl)cc1. The van der Waals surface area contributed by atoms with Crippen LogP contribution in [0.5, 0.6) is 0 Å². The average molecular weight is 360 g/mol. The van der Waals surface area contributed by atoms with E-state index in [0.29, 0.717) is 10.6 Å². The van der Waals surface area contributed by atoms with E-state index < -0.39 is 17.3 Å². The van der Waals surface area contributed by atoms with Crippen molar-refractivity contribution in [3.63, 3.8) is 0 Å². The molecule has 0 amide bonds. The second-order valence-corrected chi connectivity index (χ2v) is 5.55. The van der Waals surface area contributed by atoms with Crippen molar-refractivity contribution < 1.29 is 13.2 Å². The van der Waals surface area contributed by atoms with Gasteiger partial charge in [-0.1, -0.05) is 29.8 Å². The molecule has 0 aliphatic rings. The highest BCUT2D eigenvalue weighted by Crippen LogP contribution is 2.38. The van der Waals surface area contributed by atoms with Gasteiger partial charge in [-0.25, -0.2) is 4.98 Å². The summed E-state index contributed by atoms with van der Waals surface area (Å²) in [6, 6.07) is 13.4. The third kappa shape index (κ3) is 3.47. The number of hydrogen-bond donors (Lipinski definition) is 0. The van der Waals surface area contributed by atoms with Crippen molar-refractivity contribution in [2.45, 2.75) is 6.18 Å². The minimum absolute atomic E-state index is 0.0388. The Hall–Kier alpha value is -2.91. The lowest BCUT2D eigenvalue weighted by atomic mass is 9.99. The molecule has 0 unspecified atom stereocenters. The Balaban J connectivity index is 2.32. The predicted molar refractivity (Wildman–Crippen MR) is 87.6 cm³/mol. The average Bonchev–Trinajstić information content (AvgIpc) is 2.61. The lowest BCUT2D eigenvalue weighted by molar-refractivity contribution is -0.137. The van der Waals surface area contributed by atoms with E-state index in [2.05, 4.69) is 9.97 Å². The molecule has 2 aromatic heterocycles. The molecule has 0 atom stereocenters. The van der Waals surface area contributed by atoms with Gasteiger partial charge in [0.2, 0.25) is 0 Å². The third-order valence-corrected chi connectivity index (χ3v) is 3.73. The van der Waals surface area contributed by atoms with Gasteiger partial charge in [-0.2, -0.15) is 18.4 Å². The summed E-state index contributed by atoms with van der Waals surface area (Å²) in [6.07, 6.45) is -3.23. The third-order valence-electron chi connectivity index (χ3n) is 3.48. The molecule has 0 radical (unpaired) electrons. The molecule has 2 heterocycles. The minimum atomic E-state index is -4.70. The van der Waals surface area contributed by atoms with Crippen molar-refractivity contribution in [3.8, 4) is 28.7 Å². The standard InChI is InChI=1S/C18H9ClF3N3/c19-12-6-4-11(5-7-12)17-13(10-23)14(18(20,21)22)9-16(25-17)15-3-1-2-8-24-15/h1-9H. The van der Waals surface area contributed by atoms with Crippen molar-refractivity contribution in [1.82, 2.24) is 9.97 Å². The first kappa shape index (κ1) is 16.9. The number of halogens is 4. The van der Waals surface area contributed by atoms with Gasteiger partial charge in [-0.05, 0) is 30.3 Å². The molecule has 1 aromatic carbocycles. The van der Waals surface area contributed by atoms with Crippen LogP contribution in [0.15, 0.2) is 54.7 Å². The van der Waals surface area contributed by atoms with Crippen LogP contribution in [0.3, 0.4) is 0 Å². The minimum Gasteiger partial charge on any atom is -0.255 e. The van der Waals surface area contributed by atoms with Gasteiger partial charge < -0.3 is 0 Å². The van der Waals surface area contributed by atoms with E-state index in [1.807, 2.05) is 0 Å². The van der Waals surface area contributed by atoms with E-state index in [0.717, 1.165) is 6.07 Å². The second kappa shape index (κ2) is 6.54. The highest BCUT2D eigenvalue weighted by molar-refractivity contribution is 6.30. The van der Waals surface area contributed by atoms with Gasteiger partial charge in [-0.15, -0.1) is 0 Å². The molecule has 0 saturated carbocycles. The number of aromatic nitrogens is 2. The first-order valence-corrected chi connectivity index (χ1v) is 7.47. The zero-order valence-electron chi connectivity index (χ0n) is 12.5. The van der Waals surface area contributed by atoms with Crippen molar-refractivity contribution in [3.05, 3.63) is 70.9 Å². The fraction of sp³-hybridized carbons (Fsp3) is 0.0556. The molecule has 3 nitrogen and oxygen atoms in total. The molecule has 0 aliphatic heterocycles. The van der Waals surface area contributed by atoms with Gasteiger partial charge in [0.15, 0.2) is 0 Å². The normalized spacial score (nSPS) is 11.2. The number of nitrogens with zero attached hydrogens (tertiary/aromatic N) is 3. The summed E-state index contributed by atoms with van der Waals surface area (Å²) in [4.78, 5) is 8.30. The Morgan fingerprint density at radius 3 is 2.28 bits per heavy atom. The van der Waals surface area contributed by atoms with E-state index in [9.17, 15) is 18.4 Å². The molecule has 0 spiro atoms. The summed E-state index contributed by atoms with van der Waals surface area (Å²) >= 11 is 5.83. The summed E-state index contributed by atoms with van der Waals surface area (Å²) in [5.41, 5.74) is -0.950. The van der Waals surface area contributed by atoms with Crippen LogP contribution < -0.4 is 0 Å². The maximum absolute atomic E-state index is 13.5. The molecule has 25 heavy (non-hydrogen) atoms. The van der Waals surface area contributed by atoms with Crippen LogP contribution in [-0.4, -0.2) is 9.97 Å². The zero-order chi connectivity index (χ0) is 18.0. The Labute approximate surface area is 146 Å². The molecule has 7 heteroatoms. The van der Waals surface area contributed by atoms with E-state index >= 15 is 0 Å². The molecule has 0 bridgehead atoms. The van der Waals surface area contributed by atoms with Crippen LogP contribution in [-0.2, 0) is 6.18 Å². The van der Waals surface area contributed by atoms with Crippen LogP contribution in [0.1, 0.15) is 11.1 Å². The Morgan fingerprint density at radius 1 is 1.00 bits per heavy atom. The molecule has 3 aromatic rings. The Kier molecular flexibility index (Phi) is 4.43. The van der Waals surface area contributed by atoms with Crippen LogP contribution >= 0.6 is 11.6 Å². The fourth-order valence-corrected chi connectivity index (χ4v) is 2.47. The van der Waals surface area contributed by atoms with Crippen LogP contribution in [0.25, 0.3) is 22.6 Å². The smallest absolute Gasteiger partial charge is 0.255 e. The van der Waals surface area contributed by atoms with Gasteiger partial charge in [0.25, 0.3) is 0 Å². The molecular weight excluding hydrogens is 351 g/mol. The molecule has 0 N–H and O–H groups in total. The van der Waals surface area contributed by atoms with Gasteiger partial charge in [0.05, 0.1) is 28.2 Å². The maximum atomic E-state index is 13.5. The molecule has 124 valence electrons. The first-order chi connectivity index (χ1) is 11.9. The summed E-state index contributed by atoms with van der Waals surface area (Å²) in [7, 11) is 0. The number of rotatable bonds is 2. The number of nitriles is 1. The van der Waals surface area contributed by atoms with Crippen LogP contribution in [0.2, 0.25) is 5.02 Å². The van der Waals surface area contributed by atoms with Gasteiger partial charge in [0, 0.05) is 16.8 Å². The van der Waals surface area contributed by atoms with Crippen LogP contribution in [0, 0.1) is 11.3 Å². The quantitative estimate of drug-likeness (QED) is 0.619. The van der Waals surface area contributed by atoms with Gasteiger partial charge in [0.1, 0.15) is 6.07 Å². The molecule has 0 fully saturated rings. The van der Waals surface area contributed by atoms with Crippen LogP contribution in [0.4, 0.5) is 13.2 Å². The largest absolute Gasteiger partial charge is 0.417 e. The number of hydrogen-bond acceptors (Lipinski definition) is 3. The van der Waals surface area contributed by atoms with Gasteiger partial charge >= 0.3 is 6.18 Å². The maximum Gasteiger partial charge on any atom is 0.417 e. The summed E-state index contributed by atoms with van der Waals surface area (Å²) in [6.45, 7) is 0. The van der Waals surface area contributed by atoms with Crippen molar-refractivity contribution in [2.75, 3.05) is 0 Å². The monoisotopic (exact) mass is 359 g/mol. The van der Waals surface area contributed by atoms with E-state index in [4.69, 9.17) is 11.6 Å². The molecule has 0 aliphatic carbocycles. The number of pyridine rings is 2. The first-order valence-electron chi connectivity index (χ1n) is 7.10. The second-order valence-electron chi connectivity index (χ2n) is 5.11. The van der Waals surface area contributed by atoms with Gasteiger partial charge in [-0.3, -0.25) is 4.98 Å². The molecule has 0 saturated heterocycles. The topological polar surface area (TPSA) is 49.6 Å². The van der Waals surface area contributed by atoms with Crippen molar-refractivity contribution in [1.29, 1.82) is 5.26 Å². The lowest BCUT2D eigenvalue weighted by Crippen LogP contribution is -2.11. The van der Waals surface area contributed by atoms with Crippen molar-refractivity contribution in [2.24, 2.45) is 0 Å². The molecule has 3 rings (SSSR count). The van der Waals surface area contributed by atoms with Crippen molar-refractivity contribution >= 4 is 11.6 Å². The number of alkyl halides is 3. The van der Waals surface area contributed by atoms with E-state index in [1.54, 1.807) is 24.3 Å². The van der Waals surface area contributed by atoms with E-state index in [1.165, 1.54) is 30.5 Å². The number of benzene rings is 1.